The number of unbranched alkanes of at least 4 members (excludes halogenated alkanes) is 9. The molecule has 0 saturated heterocycles. The normalized spacial score (nSPS) is 10.8. The van der Waals surface area contributed by atoms with Crippen LogP contribution in [0.1, 0.15) is 76.7 Å². The molecular formula is C19H32O2. The molecule has 0 saturated carbocycles. The van der Waals surface area contributed by atoms with Crippen molar-refractivity contribution in [2.75, 3.05) is 6.61 Å². The first kappa shape index (κ1) is 17.9. The molecule has 0 bridgehead atoms. The van der Waals surface area contributed by atoms with E-state index in [-0.39, 0.29) is 0 Å². The second-order valence-electron chi connectivity index (χ2n) is 5.98. The van der Waals surface area contributed by atoms with Crippen LogP contribution in [0.3, 0.4) is 0 Å². The molecule has 2 heteroatoms. The summed E-state index contributed by atoms with van der Waals surface area (Å²) in [6.07, 6.45) is 13.4. The lowest BCUT2D eigenvalue weighted by atomic mass is 10.1. The first-order valence-electron chi connectivity index (χ1n) is 8.66. The third-order valence-electron chi connectivity index (χ3n) is 3.91. The number of hydrogen-bond donors (Lipinski definition) is 1. The van der Waals surface area contributed by atoms with Crippen LogP contribution in [-0.4, -0.2) is 11.7 Å². The van der Waals surface area contributed by atoms with Gasteiger partial charge in [0, 0.05) is 0 Å². The van der Waals surface area contributed by atoms with Gasteiger partial charge in [-0.2, -0.15) is 0 Å². The summed E-state index contributed by atoms with van der Waals surface area (Å²) in [6, 6.07) is 5.27. The molecular weight excluding hydrogens is 260 g/mol. The van der Waals surface area contributed by atoms with E-state index in [1.165, 1.54) is 57.8 Å². The molecule has 0 heterocycles. The van der Waals surface area contributed by atoms with Gasteiger partial charge in [0.15, 0.2) is 0 Å². The second kappa shape index (κ2) is 11.5. The van der Waals surface area contributed by atoms with Crippen LogP contribution in [-0.2, 0) is 0 Å². The van der Waals surface area contributed by atoms with Gasteiger partial charge in [0.1, 0.15) is 11.5 Å². The third-order valence-corrected chi connectivity index (χ3v) is 3.91. The van der Waals surface area contributed by atoms with E-state index in [9.17, 15) is 5.11 Å². The molecule has 0 amide bonds. The van der Waals surface area contributed by atoms with Crippen LogP contribution >= 0.6 is 0 Å². The number of ether oxygens (including phenoxy) is 1. The van der Waals surface area contributed by atoms with Crippen LogP contribution in [0.2, 0.25) is 0 Å². The average Bonchev–Trinajstić information content (AvgIpc) is 2.46. The Hall–Kier alpha value is -1.18. The van der Waals surface area contributed by atoms with Crippen molar-refractivity contribution < 1.29 is 9.84 Å². The molecule has 0 unspecified atom stereocenters. The van der Waals surface area contributed by atoms with Gasteiger partial charge in [0.2, 0.25) is 0 Å². The minimum atomic E-state index is 0.304. The average molecular weight is 292 g/mol. The lowest BCUT2D eigenvalue weighted by Crippen LogP contribution is -1.98. The van der Waals surface area contributed by atoms with Crippen molar-refractivity contribution in [2.24, 2.45) is 0 Å². The van der Waals surface area contributed by atoms with Gasteiger partial charge in [-0.3, -0.25) is 0 Å². The number of hydrogen-bond acceptors (Lipinski definition) is 2. The highest BCUT2D eigenvalue weighted by Gasteiger charge is 2.00. The van der Waals surface area contributed by atoms with Crippen LogP contribution in [0, 0.1) is 6.92 Å². The van der Waals surface area contributed by atoms with Gasteiger partial charge < -0.3 is 9.84 Å². The Kier molecular flexibility index (Phi) is 9.77. The van der Waals surface area contributed by atoms with E-state index in [0.717, 1.165) is 24.3 Å². The molecule has 120 valence electrons. The smallest absolute Gasteiger partial charge is 0.122 e. The first-order chi connectivity index (χ1) is 10.2. The molecule has 0 aliphatic carbocycles. The topological polar surface area (TPSA) is 29.5 Å². The fourth-order valence-corrected chi connectivity index (χ4v) is 2.57. The van der Waals surface area contributed by atoms with Gasteiger partial charge in [0.05, 0.1) is 6.61 Å². The number of aryl methyl sites for hydroxylation is 1. The molecule has 0 atom stereocenters. The van der Waals surface area contributed by atoms with Crippen LogP contribution in [0.4, 0.5) is 0 Å². The van der Waals surface area contributed by atoms with E-state index in [1.54, 1.807) is 12.1 Å². The fourth-order valence-electron chi connectivity index (χ4n) is 2.57. The Labute approximate surface area is 130 Å². The molecule has 0 radical (unpaired) electrons. The number of rotatable bonds is 12. The van der Waals surface area contributed by atoms with Gasteiger partial charge in [-0.05, 0) is 37.1 Å². The summed E-state index contributed by atoms with van der Waals surface area (Å²) < 4.78 is 5.75. The van der Waals surface area contributed by atoms with E-state index in [4.69, 9.17) is 4.74 Å². The van der Waals surface area contributed by atoms with Gasteiger partial charge in [-0.25, -0.2) is 0 Å². The zero-order chi connectivity index (χ0) is 15.3. The largest absolute Gasteiger partial charge is 0.508 e. The minimum Gasteiger partial charge on any atom is -0.508 e. The predicted octanol–water partition coefficient (Wildman–Crippen LogP) is 6.00. The number of phenolic OH excluding ortho intramolecular Hbond substituents is 1. The molecule has 1 aromatic carbocycles. The maximum absolute atomic E-state index is 9.34. The van der Waals surface area contributed by atoms with E-state index in [1.807, 2.05) is 13.0 Å². The molecule has 0 fully saturated rings. The minimum absolute atomic E-state index is 0.304. The summed E-state index contributed by atoms with van der Waals surface area (Å²) >= 11 is 0. The van der Waals surface area contributed by atoms with Crippen LogP contribution in [0.15, 0.2) is 18.2 Å². The summed E-state index contributed by atoms with van der Waals surface area (Å²) in [5.74, 6) is 1.20. The molecule has 2 nitrogen and oxygen atoms in total. The molecule has 0 spiro atoms. The van der Waals surface area contributed by atoms with Crippen LogP contribution < -0.4 is 4.74 Å². The highest BCUT2D eigenvalue weighted by molar-refractivity contribution is 5.38. The Bertz CT molecular complexity index is 374. The van der Waals surface area contributed by atoms with Crippen LogP contribution in [0.5, 0.6) is 11.5 Å². The number of aromatic hydroxyl groups is 1. The van der Waals surface area contributed by atoms with Gasteiger partial charge in [0.25, 0.3) is 0 Å². The van der Waals surface area contributed by atoms with E-state index >= 15 is 0 Å². The fraction of sp³-hybridized carbons (Fsp3) is 0.684. The third kappa shape index (κ3) is 8.64. The zero-order valence-electron chi connectivity index (χ0n) is 13.9. The quantitative estimate of drug-likeness (QED) is 0.479. The Morgan fingerprint density at radius 1 is 0.857 bits per heavy atom. The van der Waals surface area contributed by atoms with Crippen molar-refractivity contribution in [2.45, 2.75) is 78.1 Å². The van der Waals surface area contributed by atoms with Gasteiger partial charge in [-0.1, -0.05) is 64.7 Å². The molecule has 1 aromatic rings. The summed E-state index contributed by atoms with van der Waals surface area (Å²) in [5, 5.41) is 9.34. The van der Waals surface area contributed by atoms with E-state index in [2.05, 4.69) is 6.92 Å². The zero-order valence-corrected chi connectivity index (χ0v) is 13.9. The van der Waals surface area contributed by atoms with E-state index in [0.29, 0.717) is 5.75 Å². The molecule has 1 rings (SSSR count). The Morgan fingerprint density at radius 2 is 1.43 bits per heavy atom. The maximum Gasteiger partial charge on any atom is 0.122 e. The summed E-state index contributed by atoms with van der Waals surface area (Å²) in [4.78, 5) is 0. The van der Waals surface area contributed by atoms with Crippen molar-refractivity contribution in [1.29, 1.82) is 0 Å². The monoisotopic (exact) mass is 292 g/mol. The van der Waals surface area contributed by atoms with Crippen molar-refractivity contribution in [3.63, 3.8) is 0 Å². The predicted molar refractivity (Wildman–Crippen MR) is 90.2 cm³/mol. The van der Waals surface area contributed by atoms with E-state index < -0.39 is 0 Å². The number of phenols is 1. The lowest BCUT2D eigenvalue weighted by molar-refractivity contribution is 0.302. The van der Waals surface area contributed by atoms with Crippen molar-refractivity contribution in [3.05, 3.63) is 23.8 Å². The molecule has 1 N–H and O–H groups in total. The van der Waals surface area contributed by atoms with Crippen molar-refractivity contribution in [1.82, 2.24) is 0 Å². The number of benzene rings is 1. The highest BCUT2D eigenvalue weighted by atomic mass is 16.5. The molecule has 0 aromatic heterocycles. The highest BCUT2D eigenvalue weighted by Crippen LogP contribution is 2.22. The maximum atomic E-state index is 9.34. The Balaban J connectivity index is 1.93. The molecule has 0 aliphatic heterocycles. The van der Waals surface area contributed by atoms with Crippen LogP contribution in [0.25, 0.3) is 0 Å². The first-order valence-corrected chi connectivity index (χ1v) is 8.66. The second-order valence-corrected chi connectivity index (χ2v) is 5.98. The Morgan fingerprint density at radius 3 is 2.00 bits per heavy atom. The lowest BCUT2D eigenvalue weighted by Gasteiger charge is -2.09. The van der Waals surface area contributed by atoms with Crippen molar-refractivity contribution >= 4 is 0 Å². The summed E-state index contributed by atoms with van der Waals surface area (Å²) in [5.41, 5.74) is 1.00. The SMILES string of the molecule is CCCCCCCCCCCCOc1ccc(O)cc1C. The summed E-state index contributed by atoms with van der Waals surface area (Å²) in [6.45, 7) is 5.01. The standard InChI is InChI=1S/C19H32O2/c1-3-4-5-6-7-8-9-10-11-12-15-21-19-14-13-18(20)16-17(19)2/h13-14,16,20H,3-12,15H2,1-2H3. The van der Waals surface area contributed by atoms with Gasteiger partial charge >= 0.3 is 0 Å². The van der Waals surface area contributed by atoms with Crippen molar-refractivity contribution in [3.8, 4) is 11.5 Å². The molecule has 0 aliphatic rings. The van der Waals surface area contributed by atoms with Gasteiger partial charge in [-0.15, -0.1) is 0 Å². The summed E-state index contributed by atoms with van der Waals surface area (Å²) in [7, 11) is 0. The molecule has 21 heavy (non-hydrogen) atoms.